The van der Waals surface area contributed by atoms with Gasteiger partial charge in [0.25, 0.3) is 5.91 Å². The van der Waals surface area contributed by atoms with Crippen molar-refractivity contribution in [1.29, 1.82) is 0 Å². The summed E-state index contributed by atoms with van der Waals surface area (Å²) in [6.07, 6.45) is -0.392. The number of amides is 2. The van der Waals surface area contributed by atoms with Crippen LogP contribution in [0, 0.1) is 5.92 Å². The Morgan fingerprint density at radius 2 is 1.85 bits per heavy atom. The lowest BCUT2D eigenvalue weighted by Crippen LogP contribution is -2.44. The first-order valence-corrected chi connectivity index (χ1v) is 11.3. The van der Waals surface area contributed by atoms with Crippen LogP contribution in [0.1, 0.15) is 65.7 Å². The molecule has 0 saturated heterocycles. The predicted octanol–water partition coefficient (Wildman–Crippen LogP) is 4.04. The van der Waals surface area contributed by atoms with Gasteiger partial charge in [-0.3, -0.25) is 4.79 Å². The van der Waals surface area contributed by atoms with Crippen molar-refractivity contribution >= 4 is 33.3 Å². The molecule has 0 aliphatic carbocycles. The fourth-order valence-electron chi connectivity index (χ4n) is 2.19. The van der Waals surface area contributed by atoms with Crippen molar-refractivity contribution in [1.82, 2.24) is 5.32 Å². The molecule has 1 heterocycles. The Labute approximate surface area is 166 Å². The fourth-order valence-corrected chi connectivity index (χ4v) is 4.55. The average Bonchev–Trinajstić information content (AvgIpc) is 2.94. The normalized spacial score (nSPS) is 15.3. The topological polar surface area (TPSA) is 111 Å². The van der Waals surface area contributed by atoms with E-state index in [1.165, 1.54) is 11.3 Å². The van der Waals surface area contributed by atoms with Gasteiger partial charge in [-0.2, -0.15) is 0 Å². The number of hydrogen-bond acceptors (Lipinski definition) is 5. The first kappa shape index (κ1) is 23.6. The molecule has 154 valence electrons. The molecule has 0 bridgehead atoms. The van der Waals surface area contributed by atoms with E-state index in [4.69, 9.17) is 9.88 Å². The molecule has 0 aliphatic heterocycles. The van der Waals surface area contributed by atoms with E-state index in [2.05, 4.69) is 9.68 Å². The number of nitrogens with zero attached hydrogens (tertiary/aromatic N) is 1. The van der Waals surface area contributed by atoms with Crippen LogP contribution in [-0.2, 0) is 19.4 Å². The van der Waals surface area contributed by atoms with Crippen LogP contribution in [0.2, 0.25) is 0 Å². The summed E-state index contributed by atoms with van der Waals surface area (Å²) in [6, 6.07) is 2.52. The quantitative estimate of drug-likeness (QED) is 0.727. The Kier molecular flexibility index (Phi) is 8.00. The molecule has 0 saturated carbocycles. The molecule has 0 aliphatic rings. The smallest absolute Gasteiger partial charge is 0.408 e. The van der Waals surface area contributed by atoms with Crippen molar-refractivity contribution in [2.75, 3.05) is 0 Å². The highest BCUT2D eigenvalue weighted by molar-refractivity contribution is 7.93. The summed E-state index contributed by atoms with van der Waals surface area (Å²) < 4.78 is 22.1. The third kappa shape index (κ3) is 7.98. The minimum absolute atomic E-state index is 0.104. The second kappa shape index (κ2) is 9.16. The van der Waals surface area contributed by atoms with Crippen molar-refractivity contribution in [3.8, 4) is 0 Å². The zero-order chi connectivity index (χ0) is 21.0. The van der Waals surface area contributed by atoms with Gasteiger partial charge in [-0.05, 0) is 51.2 Å². The summed E-state index contributed by atoms with van der Waals surface area (Å²) in [6.45, 7) is 13.0. The Bertz CT molecular complexity index is 785. The molecule has 0 fully saturated rings. The minimum Gasteiger partial charge on any atom is -0.444 e. The van der Waals surface area contributed by atoms with Crippen LogP contribution in [0.3, 0.4) is 0 Å². The molecule has 7 nitrogen and oxygen atoms in total. The van der Waals surface area contributed by atoms with Gasteiger partial charge in [-0.1, -0.05) is 27.7 Å². The molecule has 27 heavy (non-hydrogen) atoms. The molecule has 1 aromatic heterocycles. The molecule has 3 N–H and O–H groups in total. The molecule has 1 unspecified atom stereocenters. The first-order chi connectivity index (χ1) is 12.2. The van der Waals surface area contributed by atoms with Crippen LogP contribution in [-0.4, -0.2) is 27.9 Å². The van der Waals surface area contributed by atoms with Gasteiger partial charge in [0.2, 0.25) is 0 Å². The molecule has 0 spiro atoms. The van der Waals surface area contributed by atoms with Gasteiger partial charge < -0.3 is 10.1 Å². The number of hydrogen-bond donors (Lipinski definition) is 2. The Hall–Kier alpha value is -1.45. The van der Waals surface area contributed by atoms with E-state index < -0.39 is 33.6 Å². The molecule has 9 heteroatoms. The van der Waals surface area contributed by atoms with E-state index in [1.54, 1.807) is 26.8 Å². The Morgan fingerprint density at radius 3 is 2.30 bits per heavy atom. The number of carbonyl (C=O) groups excluding carboxylic acids is 2. The summed E-state index contributed by atoms with van der Waals surface area (Å²) in [5.41, 5.74) is -0.696. The summed E-state index contributed by atoms with van der Waals surface area (Å²) in [5, 5.41) is 8.38. The third-order valence-electron chi connectivity index (χ3n) is 3.38. The third-order valence-corrected chi connectivity index (χ3v) is 6.69. The van der Waals surface area contributed by atoms with E-state index in [1.807, 2.05) is 33.8 Å². The second-order valence-electron chi connectivity index (χ2n) is 8.14. The van der Waals surface area contributed by atoms with E-state index >= 15 is 0 Å². The van der Waals surface area contributed by atoms with Gasteiger partial charge in [0.15, 0.2) is 9.92 Å². The molecule has 2 atom stereocenters. The van der Waals surface area contributed by atoms with Crippen LogP contribution in [0.15, 0.2) is 20.7 Å². The molecule has 1 rings (SSSR count). The number of thiophene rings is 1. The standard InChI is InChI=1S/C18H31N3O4S2/c1-11(2)10-13(20-17(23)25-18(5,6)7)16(22)21-27(19,24)15-9-8-14(26-15)12(3)4/h8-9,11-13H,10H2,1-7H3,(H,20,23)(H2,19,21,22,24)/t13-,27?/m0/s1. The molecule has 2 amide bonds. The maximum Gasteiger partial charge on any atom is 0.408 e. The van der Waals surface area contributed by atoms with Crippen LogP contribution < -0.4 is 10.5 Å². The molecular formula is C18H31N3O4S2. The molecule has 1 aromatic rings. The lowest BCUT2D eigenvalue weighted by atomic mass is 10.0. The van der Waals surface area contributed by atoms with Crippen molar-refractivity contribution in [2.24, 2.45) is 15.4 Å². The SMILES string of the molecule is CC(C)C[C@H](NC(=O)OC(C)(C)C)C(=O)N=S(N)(=O)c1ccc(C(C)C)s1. The highest BCUT2D eigenvalue weighted by Gasteiger charge is 2.26. The maximum atomic E-state index is 12.8. The number of nitrogens with two attached hydrogens (primary N) is 1. The zero-order valence-electron chi connectivity index (χ0n) is 17.1. The van der Waals surface area contributed by atoms with Gasteiger partial charge in [0.1, 0.15) is 15.9 Å². The van der Waals surface area contributed by atoms with E-state index in [9.17, 15) is 13.8 Å². The summed E-state index contributed by atoms with van der Waals surface area (Å²) >= 11 is 1.28. The minimum atomic E-state index is -3.37. The first-order valence-electron chi connectivity index (χ1n) is 8.89. The summed E-state index contributed by atoms with van der Waals surface area (Å²) in [7, 11) is -3.37. The van der Waals surface area contributed by atoms with Gasteiger partial charge >= 0.3 is 6.09 Å². The molecule has 0 aromatic carbocycles. The lowest BCUT2D eigenvalue weighted by molar-refractivity contribution is -0.120. The zero-order valence-corrected chi connectivity index (χ0v) is 18.7. The number of ether oxygens (including phenoxy) is 1. The summed E-state index contributed by atoms with van der Waals surface area (Å²) in [4.78, 5) is 25.7. The highest BCUT2D eigenvalue weighted by Crippen LogP contribution is 2.27. The number of nitrogens with one attached hydrogen (secondary N) is 1. The van der Waals surface area contributed by atoms with Crippen molar-refractivity contribution < 1.29 is 18.5 Å². The summed E-state index contributed by atoms with van der Waals surface area (Å²) in [5.74, 6) is -0.356. The van der Waals surface area contributed by atoms with Crippen LogP contribution in [0.25, 0.3) is 0 Å². The monoisotopic (exact) mass is 417 g/mol. The van der Waals surface area contributed by atoms with Crippen molar-refractivity contribution in [3.63, 3.8) is 0 Å². The maximum absolute atomic E-state index is 12.8. The van der Waals surface area contributed by atoms with E-state index in [-0.39, 0.29) is 11.8 Å². The van der Waals surface area contributed by atoms with Crippen molar-refractivity contribution in [2.45, 2.75) is 76.7 Å². The predicted molar refractivity (Wildman–Crippen MR) is 109 cm³/mol. The number of alkyl carbamates (subject to hydrolysis) is 1. The number of rotatable bonds is 6. The molecular weight excluding hydrogens is 386 g/mol. The van der Waals surface area contributed by atoms with Gasteiger partial charge in [0.05, 0.1) is 0 Å². The second-order valence-corrected chi connectivity index (χ2v) is 11.3. The highest BCUT2D eigenvalue weighted by atomic mass is 32.2. The lowest BCUT2D eigenvalue weighted by Gasteiger charge is -2.23. The largest absolute Gasteiger partial charge is 0.444 e. The average molecular weight is 418 g/mol. The van der Waals surface area contributed by atoms with Gasteiger partial charge in [-0.15, -0.1) is 15.7 Å². The van der Waals surface area contributed by atoms with Crippen LogP contribution in [0.5, 0.6) is 0 Å². The van der Waals surface area contributed by atoms with Crippen LogP contribution >= 0.6 is 11.3 Å². The van der Waals surface area contributed by atoms with Gasteiger partial charge in [-0.25, -0.2) is 14.1 Å². The molecule has 0 radical (unpaired) electrons. The van der Waals surface area contributed by atoms with E-state index in [0.29, 0.717) is 10.6 Å². The van der Waals surface area contributed by atoms with Gasteiger partial charge in [0, 0.05) is 4.88 Å². The van der Waals surface area contributed by atoms with E-state index in [0.717, 1.165) is 4.88 Å². The number of carbonyl (C=O) groups is 2. The van der Waals surface area contributed by atoms with Crippen molar-refractivity contribution in [3.05, 3.63) is 17.0 Å². The Balaban J connectivity index is 3.07. The fraction of sp³-hybridized carbons (Fsp3) is 0.667. The van der Waals surface area contributed by atoms with Crippen LogP contribution in [0.4, 0.5) is 4.79 Å². The Morgan fingerprint density at radius 1 is 1.26 bits per heavy atom.